The Morgan fingerprint density at radius 1 is 1.32 bits per heavy atom. The predicted molar refractivity (Wildman–Crippen MR) is 75.0 cm³/mol. The van der Waals surface area contributed by atoms with Gasteiger partial charge in [0.1, 0.15) is 0 Å². The second kappa shape index (κ2) is 5.03. The summed E-state index contributed by atoms with van der Waals surface area (Å²) in [6.45, 7) is 2.21. The standard InChI is InChI=1S/C15H19N3O/c1-10-6-2-3-7-11(10)18-15(19)14-16-12-8-4-5-9-13(12)17-14/h4-5,8-11H,2-3,6-7H2,1H3,(H,16,17)(H,18,19)/t10-,11-/m1/s1. The minimum absolute atomic E-state index is 0.0880. The lowest BCUT2D eigenvalue weighted by Crippen LogP contribution is -2.41. The summed E-state index contributed by atoms with van der Waals surface area (Å²) in [6, 6.07) is 7.99. The van der Waals surface area contributed by atoms with Crippen LogP contribution in [0.4, 0.5) is 0 Å². The van der Waals surface area contributed by atoms with Gasteiger partial charge in [0.15, 0.2) is 5.82 Å². The van der Waals surface area contributed by atoms with Gasteiger partial charge in [-0.15, -0.1) is 0 Å². The van der Waals surface area contributed by atoms with Gasteiger partial charge in [0.25, 0.3) is 5.91 Å². The number of fused-ring (bicyclic) bond motifs is 1. The molecule has 4 nitrogen and oxygen atoms in total. The quantitative estimate of drug-likeness (QED) is 0.869. The van der Waals surface area contributed by atoms with Crippen molar-refractivity contribution in [1.29, 1.82) is 0 Å². The second-order valence-corrected chi connectivity index (χ2v) is 5.44. The molecular weight excluding hydrogens is 238 g/mol. The normalized spacial score (nSPS) is 23.4. The summed E-state index contributed by atoms with van der Waals surface area (Å²) in [4.78, 5) is 19.6. The van der Waals surface area contributed by atoms with E-state index in [4.69, 9.17) is 0 Å². The van der Waals surface area contributed by atoms with Gasteiger partial charge in [0.05, 0.1) is 11.0 Å². The van der Waals surface area contributed by atoms with Gasteiger partial charge < -0.3 is 10.3 Å². The number of carbonyl (C=O) groups excluding carboxylic acids is 1. The molecule has 0 unspecified atom stereocenters. The molecule has 2 N–H and O–H groups in total. The van der Waals surface area contributed by atoms with E-state index in [0.717, 1.165) is 17.5 Å². The van der Waals surface area contributed by atoms with Crippen LogP contribution in [0.15, 0.2) is 24.3 Å². The molecule has 1 amide bonds. The Morgan fingerprint density at radius 3 is 2.89 bits per heavy atom. The number of amides is 1. The van der Waals surface area contributed by atoms with Crippen molar-refractivity contribution >= 4 is 16.9 Å². The Labute approximate surface area is 112 Å². The van der Waals surface area contributed by atoms with Crippen LogP contribution in [0.5, 0.6) is 0 Å². The third kappa shape index (κ3) is 2.48. The highest BCUT2D eigenvalue weighted by Crippen LogP contribution is 2.24. The van der Waals surface area contributed by atoms with Crippen LogP contribution >= 0.6 is 0 Å². The van der Waals surface area contributed by atoms with E-state index in [2.05, 4.69) is 22.2 Å². The number of imidazole rings is 1. The highest BCUT2D eigenvalue weighted by Gasteiger charge is 2.24. The fraction of sp³-hybridized carbons (Fsp3) is 0.467. The van der Waals surface area contributed by atoms with Gasteiger partial charge in [-0.1, -0.05) is 31.9 Å². The largest absolute Gasteiger partial charge is 0.346 e. The Kier molecular flexibility index (Phi) is 3.23. The Balaban J connectivity index is 1.76. The second-order valence-electron chi connectivity index (χ2n) is 5.44. The predicted octanol–water partition coefficient (Wildman–Crippen LogP) is 2.87. The molecule has 100 valence electrons. The first-order valence-corrected chi connectivity index (χ1v) is 6.99. The molecule has 0 saturated heterocycles. The van der Waals surface area contributed by atoms with Crippen molar-refractivity contribution in [3.63, 3.8) is 0 Å². The molecule has 2 aromatic rings. The van der Waals surface area contributed by atoms with Gasteiger partial charge in [0, 0.05) is 6.04 Å². The van der Waals surface area contributed by atoms with Crippen LogP contribution in [0.25, 0.3) is 11.0 Å². The fourth-order valence-corrected chi connectivity index (χ4v) is 2.83. The van der Waals surface area contributed by atoms with E-state index in [0.29, 0.717) is 11.7 Å². The third-order valence-corrected chi connectivity index (χ3v) is 4.03. The lowest BCUT2D eigenvalue weighted by Gasteiger charge is -2.29. The SMILES string of the molecule is C[C@@H]1CCCC[C@H]1NC(=O)c1nc2ccccc2[nH]1. The van der Waals surface area contributed by atoms with Crippen molar-refractivity contribution in [1.82, 2.24) is 15.3 Å². The highest BCUT2D eigenvalue weighted by atomic mass is 16.2. The van der Waals surface area contributed by atoms with E-state index in [1.807, 2.05) is 24.3 Å². The maximum absolute atomic E-state index is 12.2. The van der Waals surface area contributed by atoms with Gasteiger partial charge in [-0.05, 0) is 30.9 Å². The summed E-state index contributed by atoms with van der Waals surface area (Å²) < 4.78 is 0. The van der Waals surface area contributed by atoms with Gasteiger partial charge >= 0.3 is 0 Å². The maximum Gasteiger partial charge on any atom is 0.287 e. The lowest BCUT2D eigenvalue weighted by molar-refractivity contribution is 0.0901. The van der Waals surface area contributed by atoms with Gasteiger partial charge in [-0.2, -0.15) is 0 Å². The average Bonchev–Trinajstić information content (AvgIpc) is 2.85. The summed E-state index contributed by atoms with van der Waals surface area (Å²) in [7, 11) is 0. The van der Waals surface area contributed by atoms with E-state index in [-0.39, 0.29) is 11.9 Å². The number of para-hydroxylation sites is 2. The van der Waals surface area contributed by atoms with Crippen molar-refractivity contribution in [3.8, 4) is 0 Å². The Morgan fingerprint density at radius 2 is 2.11 bits per heavy atom. The minimum atomic E-state index is -0.0880. The highest BCUT2D eigenvalue weighted by molar-refractivity contribution is 5.94. The Bertz CT molecular complexity index is 557. The first-order chi connectivity index (χ1) is 9.24. The van der Waals surface area contributed by atoms with Crippen molar-refractivity contribution < 1.29 is 4.79 Å². The molecule has 1 aliphatic rings. The van der Waals surface area contributed by atoms with E-state index < -0.39 is 0 Å². The number of nitrogens with zero attached hydrogens (tertiary/aromatic N) is 1. The average molecular weight is 257 g/mol. The molecule has 1 aromatic heterocycles. The summed E-state index contributed by atoms with van der Waals surface area (Å²) in [5, 5.41) is 3.11. The van der Waals surface area contributed by atoms with E-state index in [1.54, 1.807) is 0 Å². The smallest absolute Gasteiger partial charge is 0.287 e. The van der Waals surface area contributed by atoms with Crippen LogP contribution in [0.2, 0.25) is 0 Å². The maximum atomic E-state index is 12.2. The van der Waals surface area contributed by atoms with Gasteiger partial charge in [-0.3, -0.25) is 4.79 Å². The van der Waals surface area contributed by atoms with E-state index in [9.17, 15) is 4.79 Å². The number of carbonyl (C=O) groups is 1. The van der Waals surface area contributed by atoms with Crippen molar-refractivity contribution in [2.24, 2.45) is 5.92 Å². The van der Waals surface area contributed by atoms with Crippen LogP contribution in [0.1, 0.15) is 43.2 Å². The number of rotatable bonds is 2. The molecule has 1 heterocycles. The number of hydrogen-bond donors (Lipinski definition) is 2. The number of aromatic amines is 1. The summed E-state index contributed by atoms with van der Waals surface area (Å²) in [5.41, 5.74) is 1.74. The molecule has 0 bridgehead atoms. The summed E-state index contributed by atoms with van der Waals surface area (Å²) in [5.74, 6) is 0.885. The number of benzene rings is 1. The molecule has 0 radical (unpaired) electrons. The molecule has 2 atom stereocenters. The fourth-order valence-electron chi connectivity index (χ4n) is 2.83. The topological polar surface area (TPSA) is 57.8 Å². The zero-order chi connectivity index (χ0) is 13.2. The van der Waals surface area contributed by atoms with Crippen LogP contribution < -0.4 is 5.32 Å². The third-order valence-electron chi connectivity index (χ3n) is 4.03. The lowest BCUT2D eigenvalue weighted by atomic mass is 9.86. The van der Waals surface area contributed by atoms with Crippen LogP contribution in [0.3, 0.4) is 0 Å². The first kappa shape index (κ1) is 12.2. The van der Waals surface area contributed by atoms with E-state index >= 15 is 0 Å². The molecule has 3 rings (SSSR count). The van der Waals surface area contributed by atoms with Crippen LogP contribution in [-0.4, -0.2) is 21.9 Å². The number of H-pyrrole nitrogens is 1. The summed E-state index contributed by atoms with van der Waals surface area (Å²) in [6.07, 6.45) is 4.76. The monoisotopic (exact) mass is 257 g/mol. The zero-order valence-electron chi connectivity index (χ0n) is 11.1. The molecule has 19 heavy (non-hydrogen) atoms. The van der Waals surface area contributed by atoms with Crippen LogP contribution in [0, 0.1) is 5.92 Å². The number of hydrogen-bond acceptors (Lipinski definition) is 2. The summed E-state index contributed by atoms with van der Waals surface area (Å²) >= 11 is 0. The number of aromatic nitrogens is 2. The van der Waals surface area contributed by atoms with Gasteiger partial charge in [-0.25, -0.2) is 4.98 Å². The molecule has 0 aliphatic heterocycles. The molecule has 1 aromatic carbocycles. The zero-order valence-corrected chi connectivity index (χ0v) is 11.1. The molecule has 4 heteroatoms. The molecular formula is C15H19N3O. The first-order valence-electron chi connectivity index (χ1n) is 6.99. The minimum Gasteiger partial charge on any atom is -0.346 e. The van der Waals surface area contributed by atoms with Gasteiger partial charge in [0.2, 0.25) is 0 Å². The van der Waals surface area contributed by atoms with Crippen molar-refractivity contribution in [2.45, 2.75) is 38.6 Å². The van der Waals surface area contributed by atoms with Crippen molar-refractivity contribution in [3.05, 3.63) is 30.1 Å². The molecule has 0 spiro atoms. The van der Waals surface area contributed by atoms with Crippen molar-refractivity contribution in [2.75, 3.05) is 0 Å². The molecule has 1 aliphatic carbocycles. The molecule has 1 saturated carbocycles. The van der Waals surface area contributed by atoms with E-state index in [1.165, 1.54) is 19.3 Å². The molecule has 1 fully saturated rings. The van der Waals surface area contributed by atoms with Crippen LogP contribution in [-0.2, 0) is 0 Å². The Hall–Kier alpha value is -1.84. The number of nitrogens with one attached hydrogen (secondary N) is 2.